The number of rotatable bonds is 10. The molecule has 0 spiro atoms. The Morgan fingerprint density at radius 1 is 1.07 bits per heavy atom. The molecular weight excluding hydrogens is 376 g/mol. The van der Waals surface area contributed by atoms with Crippen LogP contribution in [0.4, 0.5) is 0 Å². The molecule has 1 unspecified atom stereocenters. The third-order valence-electron chi connectivity index (χ3n) is 4.61. The van der Waals surface area contributed by atoms with Crippen LogP contribution in [0.3, 0.4) is 0 Å². The molecule has 6 nitrogen and oxygen atoms in total. The Kier molecular flexibility index (Phi) is 8.17. The van der Waals surface area contributed by atoms with Crippen molar-refractivity contribution >= 4 is 15.9 Å². The van der Waals surface area contributed by atoms with Gasteiger partial charge in [0, 0.05) is 12.6 Å². The van der Waals surface area contributed by atoms with E-state index >= 15 is 0 Å². The number of nitrogens with zero attached hydrogens (tertiary/aromatic N) is 1. The van der Waals surface area contributed by atoms with Gasteiger partial charge in [-0.2, -0.15) is 0 Å². The van der Waals surface area contributed by atoms with Crippen LogP contribution in [0.15, 0.2) is 59.5 Å². The predicted molar refractivity (Wildman–Crippen MR) is 109 cm³/mol. The van der Waals surface area contributed by atoms with Crippen molar-refractivity contribution in [2.75, 3.05) is 14.2 Å². The van der Waals surface area contributed by atoms with Crippen molar-refractivity contribution < 1.29 is 18.0 Å². The van der Waals surface area contributed by atoms with E-state index in [4.69, 9.17) is 4.84 Å². The zero-order valence-electron chi connectivity index (χ0n) is 16.6. The van der Waals surface area contributed by atoms with Crippen LogP contribution < -0.4 is 5.32 Å². The van der Waals surface area contributed by atoms with Gasteiger partial charge in [0.1, 0.15) is 0 Å². The van der Waals surface area contributed by atoms with E-state index in [1.54, 1.807) is 0 Å². The lowest BCUT2D eigenvalue weighted by atomic mass is 10.00. The molecule has 0 aliphatic carbocycles. The smallest absolute Gasteiger partial charge is 0.264 e. The highest BCUT2D eigenvalue weighted by molar-refractivity contribution is 7.89. The van der Waals surface area contributed by atoms with Gasteiger partial charge in [0.25, 0.3) is 15.9 Å². The van der Waals surface area contributed by atoms with Gasteiger partial charge in [0.05, 0.1) is 18.0 Å². The highest BCUT2D eigenvalue weighted by atomic mass is 32.2. The summed E-state index contributed by atoms with van der Waals surface area (Å²) in [6, 6.07) is 15.6. The van der Waals surface area contributed by atoms with Gasteiger partial charge in [0.15, 0.2) is 0 Å². The first kappa shape index (κ1) is 22.1. The van der Waals surface area contributed by atoms with Crippen LogP contribution >= 0.6 is 0 Å². The second-order valence-corrected chi connectivity index (χ2v) is 8.49. The van der Waals surface area contributed by atoms with Gasteiger partial charge in [-0.15, -0.1) is 0 Å². The van der Waals surface area contributed by atoms with Gasteiger partial charge in [-0.25, -0.2) is 8.42 Å². The van der Waals surface area contributed by atoms with E-state index in [-0.39, 0.29) is 16.8 Å². The molecule has 0 aromatic heterocycles. The summed E-state index contributed by atoms with van der Waals surface area (Å²) >= 11 is 0. The fraction of sp³-hybridized carbons (Fsp3) is 0.381. The molecule has 1 N–H and O–H groups in total. The fourth-order valence-electron chi connectivity index (χ4n) is 2.87. The lowest BCUT2D eigenvalue weighted by Crippen LogP contribution is -2.29. The maximum atomic E-state index is 12.7. The molecule has 0 bridgehead atoms. The van der Waals surface area contributed by atoms with Gasteiger partial charge in [0.2, 0.25) is 0 Å². The first-order valence-electron chi connectivity index (χ1n) is 9.39. The van der Waals surface area contributed by atoms with E-state index in [9.17, 15) is 13.2 Å². The minimum absolute atomic E-state index is 0.0657. The zero-order valence-corrected chi connectivity index (χ0v) is 17.4. The Morgan fingerprint density at radius 2 is 1.71 bits per heavy atom. The molecular formula is C21H28N2O4S. The molecule has 0 aliphatic rings. The number of amides is 1. The van der Waals surface area contributed by atoms with E-state index < -0.39 is 10.0 Å². The van der Waals surface area contributed by atoms with E-state index in [0.717, 1.165) is 35.7 Å². The average molecular weight is 405 g/mol. The second-order valence-electron chi connectivity index (χ2n) is 6.55. The van der Waals surface area contributed by atoms with Crippen molar-refractivity contribution in [3.63, 3.8) is 0 Å². The number of hydrogen-bond acceptors (Lipinski definition) is 4. The number of sulfonamides is 1. The van der Waals surface area contributed by atoms with Crippen molar-refractivity contribution in [3.8, 4) is 0 Å². The SMILES string of the molecule is CCCCCC(NC(=O)c1ccc(S(=O)(=O)N(C)OC)cc1)c1ccccc1. The molecule has 0 saturated heterocycles. The van der Waals surface area contributed by atoms with E-state index in [2.05, 4.69) is 12.2 Å². The van der Waals surface area contributed by atoms with E-state index in [0.29, 0.717) is 5.56 Å². The molecule has 7 heteroatoms. The van der Waals surface area contributed by atoms with E-state index in [1.165, 1.54) is 38.4 Å². The Hall–Kier alpha value is -2.22. The van der Waals surface area contributed by atoms with Crippen molar-refractivity contribution in [2.45, 2.75) is 43.5 Å². The number of hydrogen-bond donors (Lipinski definition) is 1. The summed E-state index contributed by atoms with van der Waals surface area (Å²) in [5.41, 5.74) is 1.48. The van der Waals surface area contributed by atoms with Crippen LogP contribution in [-0.4, -0.2) is 33.0 Å². The molecule has 2 rings (SSSR count). The van der Waals surface area contributed by atoms with Crippen LogP contribution in [0.1, 0.15) is 54.6 Å². The largest absolute Gasteiger partial charge is 0.345 e. The molecule has 0 saturated carbocycles. The molecule has 28 heavy (non-hydrogen) atoms. The molecule has 0 radical (unpaired) electrons. The second kappa shape index (κ2) is 10.4. The first-order valence-corrected chi connectivity index (χ1v) is 10.8. The summed E-state index contributed by atoms with van der Waals surface area (Å²) in [7, 11) is -1.14. The summed E-state index contributed by atoms with van der Waals surface area (Å²) in [5, 5.41) is 3.08. The molecule has 152 valence electrons. The summed E-state index contributed by atoms with van der Waals surface area (Å²) in [5.74, 6) is -0.227. The zero-order chi connectivity index (χ0) is 20.6. The van der Waals surface area contributed by atoms with Crippen molar-refractivity contribution in [2.24, 2.45) is 0 Å². The molecule has 1 amide bonds. The molecule has 2 aromatic carbocycles. The molecule has 0 heterocycles. The predicted octanol–water partition coefficient (Wildman–Crippen LogP) is 3.92. The van der Waals surface area contributed by atoms with E-state index in [1.807, 2.05) is 30.3 Å². The quantitative estimate of drug-likeness (QED) is 0.481. The van der Waals surface area contributed by atoms with Crippen LogP contribution in [-0.2, 0) is 14.9 Å². The number of nitrogens with one attached hydrogen (secondary N) is 1. The maximum absolute atomic E-state index is 12.7. The number of unbranched alkanes of at least 4 members (excludes halogenated alkanes) is 2. The summed E-state index contributed by atoms with van der Waals surface area (Å²) in [6.07, 6.45) is 4.10. The van der Waals surface area contributed by atoms with Gasteiger partial charge in [-0.05, 0) is 36.2 Å². The van der Waals surface area contributed by atoms with Crippen LogP contribution in [0.5, 0.6) is 0 Å². The van der Waals surface area contributed by atoms with Crippen LogP contribution in [0.2, 0.25) is 0 Å². The van der Waals surface area contributed by atoms with Crippen molar-refractivity contribution in [3.05, 3.63) is 65.7 Å². The minimum Gasteiger partial charge on any atom is -0.345 e. The Balaban J connectivity index is 2.14. The lowest BCUT2D eigenvalue weighted by molar-refractivity contribution is -0.0258. The lowest BCUT2D eigenvalue weighted by Gasteiger charge is -2.19. The summed E-state index contributed by atoms with van der Waals surface area (Å²) < 4.78 is 25.3. The topological polar surface area (TPSA) is 75.7 Å². The highest BCUT2D eigenvalue weighted by Gasteiger charge is 2.21. The van der Waals surface area contributed by atoms with Gasteiger partial charge >= 0.3 is 0 Å². The Morgan fingerprint density at radius 3 is 2.29 bits per heavy atom. The highest BCUT2D eigenvalue weighted by Crippen LogP contribution is 2.21. The summed E-state index contributed by atoms with van der Waals surface area (Å²) in [4.78, 5) is 17.5. The van der Waals surface area contributed by atoms with Crippen molar-refractivity contribution in [1.82, 2.24) is 9.79 Å². The number of carbonyl (C=O) groups excluding carboxylic acids is 1. The number of carbonyl (C=O) groups is 1. The number of hydroxylamine groups is 1. The number of benzene rings is 2. The Labute approximate surface area is 167 Å². The molecule has 2 aromatic rings. The monoisotopic (exact) mass is 404 g/mol. The summed E-state index contributed by atoms with van der Waals surface area (Å²) in [6.45, 7) is 2.15. The normalized spacial score (nSPS) is 12.7. The standard InChI is InChI=1S/C21H28N2O4S/c1-4-5-7-12-20(17-10-8-6-9-11-17)22-21(24)18-13-15-19(16-14-18)28(25,26)23(2)27-3/h6,8-11,13-16,20H,4-5,7,12H2,1-3H3,(H,22,24). The van der Waals surface area contributed by atoms with Gasteiger partial charge in [-0.1, -0.05) is 61.0 Å². The van der Waals surface area contributed by atoms with Crippen molar-refractivity contribution in [1.29, 1.82) is 0 Å². The maximum Gasteiger partial charge on any atom is 0.264 e. The third kappa shape index (κ3) is 5.64. The molecule has 0 fully saturated rings. The molecule has 1 atom stereocenters. The van der Waals surface area contributed by atoms with Crippen LogP contribution in [0.25, 0.3) is 0 Å². The van der Waals surface area contributed by atoms with Gasteiger partial charge in [-0.3, -0.25) is 9.63 Å². The van der Waals surface area contributed by atoms with Gasteiger partial charge < -0.3 is 5.32 Å². The third-order valence-corrected chi connectivity index (χ3v) is 6.31. The Bertz CT molecular complexity index is 852. The van der Waals surface area contributed by atoms with Crippen LogP contribution in [0, 0.1) is 0 Å². The fourth-order valence-corrected chi connectivity index (χ4v) is 3.85. The first-order chi connectivity index (χ1) is 13.4. The minimum atomic E-state index is -3.73. The molecule has 0 aliphatic heterocycles. The average Bonchev–Trinajstić information content (AvgIpc) is 2.73.